The van der Waals surface area contributed by atoms with Crippen LogP contribution in [0.3, 0.4) is 0 Å². The van der Waals surface area contributed by atoms with Gasteiger partial charge in [-0.05, 0) is 49.9 Å². The normalized spacial score (nSPS) is 11.3. The standard InChI is InChI=1S/C24H32N2O4/c27-22(28)15-7-9-17-25-24(21-13-5-2-6-14-21,19-20-11-3-1-4-12-20)26-18-10-8-16-23(29)30/h1-6,11-14,25-26H,7-10,15-19H2,(H,27,28)(H,29,30). The van der Waals surface area contributed by atoms with Crippen molar-refractivity contribution in [2.45, 2.75) is 50.6 Å². The van der Waals surface area contributed by atoms with E-state index >= 15 is 0 Å². The molecule has 0 fully saturated rings. The quantitative estimate of drug-likeness (QED) is 0.263. The van der Waals surface area contributed by atoms with Crippen LogP contribution in [-0.4, -0.2) is 35.2 Å². The van der Waals surface area contributed by atoms with E-state index in [9.17, 15) is 9.59 Å². The van der Waals surface area contributed by atoms with Gasteiger partial charge in [-0.2, -0.15) is 0 Å². The van der Waals surface area contributed by atoms with E-state index in [1.807, 2.05) is 36.4 Å². The van der Waals surface area contributed by atoms with Gasteiger partial charge in [0.25, 0.3) is 0 Å². The topological polar surface area (TPSA) is 98.7 Å². The molecule has 0 saturated carbocycles. The molecule has 6 heteroatoms. The summed E-state index contributed by atoms with van der Waals surface area (Å²) in [6.45, 7) is 1.36. The lowest BCUT2D eigenvalue weighted by atomic mass is 9.91. The highest BCUT2D eigenvalue weighted by molar-refractivity contribution is 5.66. The monoisotopic (exact) mass is 412 g/mol. The van der Waals surface area contributed by atoms with Gasteiger partial charge in [0, 0.05) is 19.3 Å². The molecule has 0 heterocycles. The molecule has 0 bridgehead atoms. The van der Waals surface area contributed by atoms with Crippen LogP contribution in [0, 0.1) is 0 Å². The van der Waals surface area contributed by atoms with E-state index in [0.717, 1.165) is 24.8 Å². The van der Waals surface area contributed by atoms with Crippen LogP contribution in [0.4, 0.5) is 0 Å². The summed E-state index contributed by atoms with van der Waals surface area (Å²) in [6.07, 6.45) is 3.82. The Kier molecular flexibility index (Phi) is 10.0. The Morgan fingerprint density at radius 1 is 0.700 bits per heavy atom. The summed E-state index contributed by atoms with van der Waals surface area (Å²) in [4.78, 5) is 21.6. The van der Waals surface area contributed by atoms with Gasteiger partial charge >= 0.3 is 11.9 Å². The lowest BCUT2D eigenvalue weighted by Gasteiger charge is -2.37. The number of carboxylic acid groups (broad SMARTS) is 2. The van der Waals surface area contributed by atoms with Crippen LogP contribution in [0.5, 0.6) is 0 Å². The lowest BCUT2D eigenvalue weighted by molar-refractivity contribution is -0.138. The van der Waals surface area contributed by atoms with Gasteiger partial charge in [-0.25, -0.2) is 0 Å². The predicted octanol–water partition coefficient (Wildman–Crippen LogP) is 3.77. The van der Waals surface area contributed by atoms with Crippen molar-refractivity contribution in [3.63, 3.8) is 0 Å². The van der Waals surface area contributed by atoms with Gasteiger partial charge in [-0.3, -0.25) is 20.2 Å². The minimum absolute atomic E-state index is 0.168. The van der Waals surface area contributed by atoms with Crippen molar-refractivity contribution in [1.29, 1.82) is 0 Å². The van der Waals surface area contributed by atoms with E-state index in [1.165, 1.54) is 5.56 Å². The smallest absolute Gasteiger partial charge is 0.303 e. The summed E-state index contributed by atoms with van der Waals surface area (Å²) in [5.41, 5.74) is 1.76. The molecule has 2 aromatic rings. The number of carboxylic acids is 2. The second-order valence-electron chi connectivity index (χ2n) is 7.49. The molecule has 0 aliphatic heterocycles. The third-order valence-electron chi connectivity index (χ3n) is 5.07. The summed E-state index contributed by atoms with van der Waals surface area (Å²) >= 11 is 0. The van der Waals surface area contributed by atoms with Crippen LogP contribution in [0.1, 0.15) is 49.7 Å². The average Bonchev–Trinajstić information content (AvgIpc) is 2.74. The second kappa shape index (κ2) is 12.8. The molecule has 0 aliphatic rings. The fraction of sp³-hybridized carbons (Fsp3) is 0.417. The van der Waals surface area contributed by atoms with E-state index in [2.05, 4.69) is 34.9 Å². The van der Waals surface area contributed by atoms with E-state index in [1.54, 1.807) is 0 Å². The van der Waals surface area contributed by atoms with E-state index in [-0.39, 0.29) is 12.8 Å². The number of hydrogen-bond donors (Lipinski definition) is 4. The number of benzene rings is 2. The molecular formula is C24H32N2O4. The van der Waals surface area contributed by atoms with Crippen LogP contribution in [0.15, 0.2) is 60.7 Å². The molecule has 0 amide bonds. The first-order chi connectivity index (χ1) is 14.5. The van der Waals surface area contributed by atoms with Crippen molar-refractivity contribution >= 4 is 11.9 Å². The van der Waals surface area contributed by atoms with Crippen LogP contribution < -0.4 is 10.6 Å². The zero-order valence-electron chi connectivity index (χ0n) is 17.3. The Bertz CT molecular complexity index is 741. The van der Waals surface area contributed by atoms with Crippen LogP contribution in [-0.2, 0) is 21.7 Å². The van der Waals surface area contributed by atoms with Crippen molar-refractivity contribution in [3.8, 4) is 0 Å². The maximum atomic E-state index is 10.8. The van der Waals surface area contributed by atoms with Crippen LogP contribution in [0.25, 0.3) is 0 Å². The van der Waals surface area contributed by atoms with E-state index in [4.69, 9.17) is 10.2 Å². The Morgan fingerprint density at radius 2 is 1.17 bits per heavy atom. The first-order valence-corrected chi connectivity index (χ1v) is 10.5. The van der Waals surface area contributed by atoms with Crippen LogP contribution >= 0.6 is 0 Å². The number of carbonyl (C=O) groups is 2. The third-order valence-corrected chi connectivity index (χ3v) is 5.07. The van der Waals surface area contributed by atoms with Crippen molar-refractivity contribution in [1.82, 2.24) is 10.6 Å². The number of rotatable bonds is 15. The molecular weight excluding hydrogens is 380 g/mol. The average molecular weight is 413 g/mol. The predicted molar refractivity (Wildman–Crippen MR) is 117 cm³/mol. The highest BCUT2D eigenvalue weighted by atomic mass is 16.4. The van der Waals surface area contributed by atoms with Gasteiger partial charge in [0.2, 0.25) is 0 Å². The first-order valence-electron chi connectivity index (χ1n) is 10.5. The van der Waals surface area contributed by atoms with Crippen LogP contribution in [0.2, 0.25) is 0 Å². The maximum Gasteiger partial charge on any atom is 0.303 e. The highest BCUT2D eigenvalue weighted by Gasteiger charge is 2.31. The molecule has 0 atom stereocenters. The molecule has 0 aliphatic carbocycles. The van der Waals surface area contributed by atoms with Crippen molar-refractivity contribution in [3.05, 3.63) is 71.8 Å². The molecule has 0 aromatic heterocycles. The fourth-order valence-corrected chi connectivity index (χ4v) is 3.52. The van der Waals surface area contributed by atoms with Crippen molar-refractivity contribution in [2.75, 3.05) is 13.1 Å². The molecule has 0 saturated heterocycles. The highest BCUT2D eigenvalue weighted by Crippen LogP contribution is 2.24. The fourth-order valence-electron chi connectivity index (χ4n) is 3.52. The van der Waals surface area contributed by atoms with Gasteiger partial charge in [0.15, 0.2) is 0 Å². The van der Waals surface area contributed by atoms with Gasteiger partial charge < -0.3 is 10.2 Å². The summed E-state index contributed by atoms with van der Waals surface area (Å²) in [5.74, 6) is -1.55. The Hall–Kier alpha value is -2.70. The van der Waals surface area contributed by atoms with E-state index < -0.39 is 17.6 Å². The molecule has 6 nitrogen and oxygen atoms in total. The molecule has 162 valence electrons. The minimum atomic E-state index is -0.773. The maximum absolute atomic E-state index is 10.8. The molecule has 0 unspecified atom stereocenters. The SMILES string of the molecule is O=C(O)CCCCNC(Cc1ccccc1)(NCCCCC(=O)O)c1ccccc1. The zero-order chi connectivity index (χ0) is 21.7. The van der Waals surface area contributed by atoms with Crippen molar-refractivity contribution < 1.29 is 19.8 Å². The zero-order valence-corrected chi connectivity index (χ0v) is 17.3. The lowest BCUT2D eigenvalue weighted by Crippen LogP contribution is -2.56. The molecule has 2 aromatic carbocycles. The van der Waals surface area contributed by atoms with Gasteiger partial charge in [-0.15, -0.1) is 0 Å². The second-order valence-corrected chi connectivity index (χ2v) is 7.49. The molecule has 0 spiro atoms. The third kappa shape index (κ3) is 8.35. The number of hydrogen-bond acceptors (Lipinski definition) is 4. The molecule has 0 radical (unpaired) electrons. The van der Waals surface area contributed by atoms with Gasteiger partial charge in [0.05, 0.1) is 5.66 Å². The summed E-state index contributed by atoms with van der Waals surface area (Å²) in [6, 6.07) is 20.4. The Morgan fingerprint density at radius 3 is 1.63 bits per heavy atom. The minimum Gasteiger partial charge on any atom is -0.481 e. The largest absolute Gasteiger partial charge is 0.481 e. The van der Waals surface area contributed by atoms with Crippen molar-refractivity contribution in [2.24, 2.45) is 0 Å². The van der Waals surface area contributed by atoms with E-state index in [0.29, 0.717) is 25.9 Å². The molecule has 2 rings (SSSR count). The molecule has 4 N–H and O–H groups in total. The first kappa shape index (κ1) is 23.6. The summed E-state index contributed by atoms with van der Waals surface area (Å²) in [7, 11) is 0. The van der Waals surface area contributed by atoms with Gasteiger partial charge in [-0.1, -0.05) is 60.7 Å². The molecule has 30 heavy (non-hydrogen) atoms. The Labute approximate surface area is 178 Å². The Balaban J connectivity index is 2.16. The summed E-state index contributed by atoms with van der Waals surface area (Å²) < 4.78 is 0. The van der Waals surface area contributed by atoms with Gasteiger partial charge in [0.1, 0.15) is 0 Å². The summed E-state index contributed by atoms with van der Waals surface area (Å²) in [5, 5.41) is 25.1. The number of aliphatic carboxylic acids is 2. The number of unbranched alkanes of at least 4 members (excludes halogenated alkanes) is 2. The number of nitrogens with one attached hydrogen (secondary N) is 2.